The van der Waals surface area contributed by atoms with Gasteiger partial charge in [-0.1, -0.05) is 48.8 Å². The van der Waals surface area contributed by atoms with Gasteiger partial charge in [-0.05, 0) is 23.1 Å². The van der Waals surface area contributed by atoms with Crippen molar-refractivity contribution in [2.75, 3.05) is 6.61 Å². The molecular weight excluding hydrogens is 282 g/mol. The van der Waals surface area contributed by atoms with Crippen LogP contribution in [-0.4, -0.2) is 12.7 Å². The molecule has 1 aromatic rings. The Kier molecular flexibility index (Phi) is 4.57. The molecule has 0 aliphatic heterocycles. The Labute approximate surface area is 110 Å². The summed E-state index contributed by atoms with van der Waals surface area (Å²) in [7, 11) is 0. The van der Waals surface area contributed by atoms with E-state index in [4.69, 9.17) is 10.5 Å². The van der Waals surface area contributed by atoms with Crippen molar-refractivity contribution >= 4 is 22.0 Å². The quantitative estimate of drug-likeness (QED) is 0.926. The smallest absolute Gasteiger partial charge is 0.404 e. The van der Waals surface area contributed by atoms with E-state index in [1.165, 1.54) is 0 Å². The number of nitrogens with two attached hydrogens (primary N) is 1. The number of hydrogen-bond acceptors (Lipinski definition) is 2. The Bertz CT molecular complexity index is 381. The van der Waals surface area contributed by atoms with Crippen LogP contribution in [0.15, 0.2) is 28.7 Å². The van der Waals surface area contributed by atoms with E-state index in [1.807, 2.05) is 24.3 Å². The fourth-order valence-corrected chi connectivity index (χ4v) is 1.97. The number of benzene rings is 1. The average Bonchev–Trinajstić information content (AvgIpc) is 2.18. The van der Waals surface area contributed by atoms with Gasteiger partial charge in [0.25, 0.3) is 0 Å². The number of ether oxygens (including phenoxy) is 1. The third kappa shape index (κ3) is 4.38. The first-order valence-corrected chi connectivity index (χ1v) is 6.27. The fraction of sp³-hybridized carbons (Fsp3) is 0.462. The van der Waals surface area contributed by atoms with Gasteiger partial charge in [0.1, 0.15) is 6.61 Å². The highest BCUT2D eigenvalue weighted by atomic mass is 79.9. The molecule has 0 heterocycles. The van der Waals surface area contributed by atoms with E-state index in [0.29, 0.717) is 6.61 Å². The molecule has 1 aromatic carbocycles. The molecule has 0 aliphatic carbocycles. The molecule has 0 aliphatic rings. The second-order valence-electron chi connectivity index (χ2n) is 5.10. The predicted octanol–water partition coefficient (Wildman–Crippen LogP) is 3.67. The van der Waals surface area contributed by atoms with E-state index in [0.717, 1.165) is 10.0 Å². The molecule has 1 atom stereocenters. The average molecular weight is 300 g/mol. The van der Waals surface area contributed by atoms with Crippen molar-refractivity contribution in [3.63, 3.8) is 0 Å². The van der Waals surface area contributed by atoms with Gasteiger partial charge in [-0.25, -0.2) is 4.79 Å². The summed E-state index contributed by atoms with van der Waals surface area (Å²) in [6.07, 6.45) is -0.726. The van der Waals surface area contributed by atoms with Crippen LogP contribution in [0.5, 0.6) is 0 Å². The van der Waals surface area contributed by atoms with Crippen LogP contribution in [0.25, 0.3) is 0 Å². The molecule has 0 saturated carbocycles. The van der Waals surface area contributed by atoms with Gasteiger partial charge >= 0.3 is 6.09 Å². The van der Waals surface area contributed by atoms with Crippen LogP contribution < -0.4 is 5.73 Å². The van der Waals surface area contributed by atoms with E-state index in [9.17, 15) is 4.79 Å². The minimum atomic E-state index is -0.726. The highest BCUT2D eigenvalue weighted by Crippen LogP contribution is 2.35. The van der Waals surface area contributed by atoms with Crippen LogP contribution in [0.2, 0.25) is 0 Å². The van der Waals surface area contributed by atoms with Gasteiger partial charge in [0.2, 0.25) is 0 Å². The first-order chi connectivity index (χ1) is 7.80. The van der Waals surface area contributed by atoms with Gasteiger partial charge in [0.15, 0.2) is 0 Å². The highest BCUT2D eigenvalue weighted by molar-refractivity contribution is 9.10. The van der Waals surface area contributed by atoms with Gasteiger partial charge in [0, 0.05) is 10.4 Å². The van der Waals surface area contributed by atoms with Gasteiger partial charge in [0.05, 0.1) is 0 Å². The summed E-state index contributed by atoms with van der Waals surface area (Å²) in [5.74, 6) is 0.128. The summed E-state index contributed by atoms with van der Waals surface area (Å²) in [5, 5.41) is 0. The van der Waals surface area contributed by atoms with E-state index < -0.39 is 6.09 Å². The second kappa shape index (κ2) is 5.54. The summed E-state index contributed by atoms with van der Waals surface area (Å²) in [6.45, 7) is 6.65. The lowest BCUT2D eigenvalue weighted by molar-refractivity contribution is 0.126. The zero-order chi connectivity index (χ0) is 13.1. The summed E-state index contributed by atoms with van der Waals surface area (Å²) in [5.41, 5.74) is 6.16. The lowest BCUT2D eigenvalue weighted by Gasteiger charge is -2.30. The van der Waals surface area contributed by atoms with Crippen LogP contribution in [0.4, 0.5) is 4.79 Å². The zero-order valence-electron chi connectivity index (χ0n) is 10.4. The lowest BCUT2D eigenvalue weighted by Crippen LogP contribution is -2.26. The molecule has 0 aromatic heterocycles. The maximum atomic E-state index is 10.7. The van der Waals surface area contributed by atoms with Crippen molar-refractivity contribution in [2.45, 2.75) is 26.7 Å². The van der Waals surface area contributed by atoms with Crippen molar-refractivity contribution in [3.05, 3.63) is 34.3 Å². The summed E-state index contributed by atoms with van der Waals surface area (Å²) in [6, 6.07) is 8.03. The SMILES string of the molecule is CC(C)(C)[C@H](COC(N)=O)c1ccc(Br)cc1. The van der Waals surface area contributed by atoms with Crippen molar-refractivity contribution in [3.8, 4) is 0 Å². The van der Waals surface area contributed by atoms with E-state index in [1.54, 1.807) is 0 Å². The summed E-state index contributed by atoms with van der Waals surface area (Å²) in [4.78, 5) is 10.7. The normalized spacial score (nSPS) is 13.2. The molecule has 0 fully saturated rings. The van der Waals surface area contributed by atoms with Crippen LogP contribution in [0, 0.1) is 5.41 Å². The molecule has 17 heavy (non-hydrogen) atoms. The number of halogens is 1. The Hall–Kier alpha value is -1.03. The van der Waals surface area contributed by atoms with Gasteiger partial charge in [-0.15, -0.1) is 0 Å². The number of carbonyl (C=O) groups excluding carboxylic acids is 1. The van der Waals surface area contributed by atoms with Crippen molar-refractivity contribution in [2.24, 2.45) is 11.1 Å². The van der Waals surface area contributed by atoms with Crippen molar-refractivity contribution in [1.82, 2.24) is 0 Å². The molecule has 0 unspecified atom stereocenters. The minimum Gasteiger partial charge on any atom is -0.449 e. The second-order valence-corrected chi connectivity index (χ2v) is 6.02. The molecule has 0 spiro atoms. The van der Waals surface area contributed by atoms with E-state index in [-0.39, 0.29) is 11.3 Å². The standard InChI is InChI=1S/C13H18BrNO2/c1-13(2,3)11(8-17-12(15)16)9-4-6-10(14)7-5-9/h4-7,11H,8H2,1-3H3,(H2,15,16)/t11-/m1/s1. The molecule has 0 saturated heterocycles. The highest BCUT2D eigenvalue weighted by Gasteiger charge is 2.27. The zero-order valence-corrected chi connectivity index (χ0v) is 12.0. The topological polar surface area (TPSA) is 52.3 Å². The monoisotopic (exact) mass is 299 g/mol. The number of hydrogen-bond donors (Lipinski definition) is 1. The maximum absolute atomic E-state index is 10.7. The van der Waals surface area contributed by atoms with E-state index in [2.05, 4.69) is 36.7 Å². The molecule has 1 amide bonds. The Morgan fingerprint density at radius 1 is 1.35 bits per heavy atom. The molecule has 1 rings (SSSR count). The lowest BCUT2D eigenvalue weighted by atomic mass is 9.77. The van der Waals surface area contributed by atoms with Crippen LogP contribution in [0.1, 0.15) is 32.3 Å². The number of carbonyl (C=O) groups is 1. The largest absolute Gasteiger partial charge is 0.449 e. The van der Waals surface area contributed by atoms with Gasteiger partial charge < -0.3 is 10.5 Å². The minimum absolute atomic E-state index is 0.00325. The first-order valence-electron chi connectivity index (χ1n) is 5.48. The number of primary amides is 1. The molecule has 94 valence electrons. The summed E-state index contributed by atoms with van der Waals surface area (Å²) < 4.78 is 5.97. The van der Waals surface area contributed by atoms with Crippen LogP contribution in [0.3, 0.4) is 0 Å². The fourth-order valence-electron chi connectivity index (χ4n) is 1.71. The van der Waals surface area contributed by atoms with Crippen LogP contribution in [-0.2, 0) is 4.74 Å². The first kappa shape index (κ1) is 14.0. The molecule has 4 heteroatoms. The number of amides is 1. The maximum Gasteiger partial charge on any atom is 0.404 e. The third-order valence-corrected chi connectivity index (χ3v) is 3.24. The third-order valence-electron chi connectivity index (χ3n) is 2.71. The van der Waals surface area contributed by atoms with Crippen LogP contribution >= 0.6 is 15.9 Å². The van der Waals surface area contributed by atoms with E-state index >= 15 is 0 Å². The van der Waals surface area contributed by atoms with Gasteiger partial charge in [-0.2, -0.15) is 0 Å². The van der Waals surface area contributed by atoms with Crippen molar-refractivity contribution in [1.29, 1.82) is 0 Å². The Morgan fingerprint density at radius 2 is 1.88 bits per heavy atom. The molecule has 0 radical (unpaired) electrons. The molecule has 2 N–H and O–H groups in total. The molecule has 0 bridgehead atoms. The summed E-state index contributed by atoms with van der Waals surface area (Å²) >= 11 is 3.40. The predicted molar refractivity (Wildman–Crippen MR) is 71.9 cm³/mol. The molecule has 3 nitrogen and oxygen atoms in total. The Balaban J connectivity index is 2.90. The number of rotatable bonds is 3. The van der Waals surface area contributed by atoms with Gasteiger partial charge in [-0.3, -0.25) is 0 Å². The Morgan fingerprint density at radius 3 is 2.29 bits per heavy atom. The van der Waals surface area contributed by atoms with Crippen molar-refractivity contribution < 1.29 is 9.53 Å². The molecular formula is C13H18BrNO2.